The minimum absolute atomic E-state index is 0.353. The summed E-state index contributed by atoms with van der Waals surface area (Å²) in [6.07, 6.45) is 2.78. The molecule has 0 unspecified atom stereocenters. The third-order valence-electron chi connectivity index (χ3n) is 2.22. The second-order valence-electron chi connectivity index (χ2n) is 3.48. The Balaban J connectivity index is 2.58. The average molecular weight is 202 g/mol. The Morgan fingerprint density at radius 1 is 1.20 bits per heavy atom. The highest BCUT2D eigenvalue weighted by Crippen LogP contribution is 2.26. The van der Waals surface area contributed by atoms with Crippen molar-refractivity contribution < 1.29 is 4.39 Å². The van der Waals surface area contributed by atoms with E-state index in [9.17, 15) is 4.39 Å². The molecule has 15 heavy (non-hydrogen) atoms. The number of pyridine rings is 1. The molecule has 0 saturated heterocycles. The van der Waals surface area contributed by atoms with Gasteiger partial charge in [0.1, 0.15) is 5.82 Å². The molecule has 1 heterocycles. The van der Waals surface area contributed by atoms with Gasteiger partial charge in [-0.05, 0) is 25.1 Å². The lowest BCUT2D eigenvalue weighted by atomic mass is 10.0. The molecule has 0 atom stereocenters. The third-order valence-corrected chi connectivity index (χ3v) is 2.22. The van der Waals surface area contributed by atoms with E-state index in [0.29, 0.717) is 11.3 Å². The van der Waals surface area contributed by atoms with E-state index in [4.69, 9.17) is 5.73 Å². The smallest absolute Gasteiger partial charge is 0.142 e. The van der Waals surface area contributed by atoms with Crippen LogP contribution in [0.1, 0.15) is 5.56 Å². The molecule has 0 bridgehead atoms. The molecule has 1 aromatic heterocycles. The van der Waals surface area contributed by atoms with Gasteiger partial charge in [0, 0.05) is 23.0 Å². The summed E-state index contributed by atoms with van der Waals surface area (Å²) >= 11 is 0. The lowest BCUT2D eigenvalue weighted by molar-refractivity contribution is 0.622. The molecule has 3 heteroatoms. The van der Waals surface area contributed by atoms with Gasteiger partial charge in [-0.25, -0.2) is 4.39 Å². The maximum absolute atomic E-state index is 13.0. The van der Waals surface area contributed by atoms with Gasteiger partial charge < -0.3 is 5.73 Å². The summed E-state index contributed by atoms with van der Waals surface area (Å²) < 4.78 is 13.0. The Morgan fingerprint density at radius 3 is 2.73 bits per heavy atom. The van der Waals surface area contributed by atoms with Gasteiger partial charge in [0.05, 0.1) is 6.20 Å². The molecule has 76 valence electrons. The zero-order valence-electron chi connectivity index (χ0n) is 8.37. The molecule has 1 aromatic carbocycles. The average Bonchev–Trinajstić information content (AvgIpc) is 2.22. The minimum atomic E-state index is -0.353. The molecule has 0 spiro atoms. The molecule has 0 aliphatic carbocycles. The van der Waals surface area contributed by atoms with Gasteiger partial charge in [-0.2, -0.15) is 0 Å². The van der Waals surface area contributed by atoms with Crippen LogP contribution in [0.3, 0.4) is 0 Å². The van der Waals surface area contributed by atoms with Gasteiger partial charge in [0.25, 0.3) is 0 Å². The van der Waals surface area contributed by atoms with Crippen LogP contribution >= 0.6 is 0 Å². The molecule has 0 saturated carbocycles. The van der Waals surface area contributed by atoms with E-state index in [1.165, 1.54) is 12.3 Å². The van der Waals surface area contributed by atoms with Crippen molar-refractivity contribution in [2.75, 3.05) is 5.73 Å². The number of aryl methyl sites for hydroxylation is 1. The van der Waals surface area contributed by atoms with Gasteiger partial charge in [-0.3, -0.25) is 4.98 Å². The van der Waals surface area contributed by atoms with E-state index in [0.717, 1.165) is 11.1 Å². The second-order valence-corrected chi connectivity index (χ2v) is 3.48. The number of halogens is 1. The van der Waals surface area contributed by atoms with Crippen molar-refractivity contribution in [2.45, 2.75) is 6.92 Å². The molecule has 2 rings (SSSR count). The molecule has 0 amide bonds. The number of aromatic nitrogens is 1. The van der Waals surface area contributed by atoms with Crippen LogP contribution in [0, 0.1) is 12.7 Å². The quantitative estimate of drug-likeness (QED) is 0.722. The van der Waals surface area contributed by atoms with Crippen LogP contribution in [0.5, 0.6) is 0 Å². The van der Waals surface area contributed by atoms with Crippen molar-refractivity contribution in [3.8, 4) is 11.1 Å². The molecular weight excluding hydrogens is 191 g/mol. The van der Waals surface area contributed by atoms with E-state index in [1.807, 2.05) is 25.1 Å². The fourth-order valence-corrected chi connectivity index (χ4v) is 1.48. The predicted molar refractivity (Wildman–Crippen MR) is 58.8 cm³/mol. The van der Waals surface area contributed by atoms with E-state index in [1.54, 1.807) is 6.20 Å². The van der Waals surface area contributed by atoms with Gasteiger partial charge >= 0.3 is 0 Å². The number of nitrogen functional groups attached to an aromatic ring is 1. The lowest BCUT2D eigenvalue weighted by Gasteiger charge is -2.06. The fourth-order valence-electron chi connectivity index (χ4n) is 1.48. The molecular formula is C12H11FN2. The number of hydrogen-bond acceptors (Lipinski definition) is 2. The summed E-state index contributed by atoms with van der Waals surface area (Å²) in [7, 11) is 0. The number of nitrogens with zero attached hydrogens (tertiary/aromatic N) is 1. The first-order valence-electron chi connectivity index (χ1n) is 4.64. The zero-order chi connectivity index (χ0) is 10.8. The van der Waals surface area contributed by atoms with Gasteiger partial charge in [-0.1, -0.05) is 11.6 Å². The first kappa shape index (κ1) is 9.65. The monoisotopic (exact) mass is 202 g/mol. The molecule has 0 radical (unpaired) electrons. The fraction of sp³-hybridized carbons (Fsp3) is 0.0833. The Bertz CT molecular complexity index is 495. The Kier molecular flexibility index (Phi) is 2.37. The summed E-state index contributed by atoms with van der Waals surface area (Å²) in [6, 6.07) is 7.09. The highest BCUT2D eigenvalue weighted by Gasteiger charge is 2.04. The van der Waals surface area contributed by atoms with Crippen LogP contribution in [-0.4, -0.2) is 4.98 Å². The topological polar surface area (TPSA) is 38.9 Å². The zero-order valence-corrected chi connectivity index (χ0v) is 8.37. The molecule has 2 N–H and O–H groups in total. The molecule has 0 fully saturated rings. The van der Waals surface area contributed by atoms with Crippen molar-refractivity contribution in [2.24, 2.45) is 0 Å². The maximum Gasteiger partial charge on any atom is 0.142 e. The van der Waals surface area contributed by atoms with Crippen molar-refractivity contribution in [1.29, 1.82) is 0 Å². The SMILES string of the molecule is Cc1ccc(N)c(-c2cncc(F)c2)c1. The standard InChI is InChI=1S/C12H11FN2/c1-8-2-3-12(14)11(4-8)9-5-10(13)7-15-6-9/h2-7H,14H2,1H3. The van der Waals surface area contributed by atoms with E-state index < -0.39 is 0 Å². The van der Waals surface area contributed by atoms with Gasteiger partial charge in [-0.15, -0.1) is 0 Å². The number of nitrogens with two attached hydrogens (primary N) is 1. The highest BCUT2D eigenvalue weighted by molar-refractivity contribution is 5.76. The van der Waals surface area contributed by atoms with Crippen LogP contribution in [-0.2, 0) is 0 Å². The number of hydrogen-bond donors (Lipinski definition) is 1. The van der Waals surface area contributed by atoms with Gasteiger partial charge in [0.15, 0.2) is 0 Å². The summed E-state index contributed by atoms with van der Waals surface area (Å²) in [5.74, 6) is -0.353. The molecule has 2 aromatic rings. The van der Waals surface area contributed by atoms with Crippen LogP contribution in [0.25, 0.3) is 11.1 Å². The normalized spacial score (nSPS) is 10.3. The Hall–Kier alpha value is -1.90. The van der Waals surface area contributed by atoms with Gasteiger partial charge in [0.2, 0.25) is 0 Å². The summed E-state index contributed by atoms with van der Waals surface area (Å²) in [5.41, 5.74) is 9.07. The summed E-state index contributed by atoms with van der Waals surface area (Å²) in [4.78, 5) is 3.80. The van der Waals surface area contributed by atoms with E-state index in [-0.39, 0.29) is 5.82 Å². The molecule has 2 nitrogen and oxygen atoms in total. The molecule has 0 aliphatic heterocycles. The van der Waals surface area contributed by atoms with Crippen LogP contribution in [0.4, 0.5) is 10.1 Å². The Morgan fingerprint density at radius 2 is 2.00 bits per heavy atom. The largest absolute Gasteiger partial charge is 0.398 e. The number of rotatable bonds is 1. The van der Waals surface area contributed by atoms with Crippen molar-refractivity contribution >= 4 is 5.69 Å². The highest BCUT2D eigenvalue weighted by atomic mass is 19.1. The first-order valence-corrected chi connectivity index (χ1v) is 4.64. The van der Waals surface area contributed by atoms with Crippen molar-refractivity contribution in [3.63, 3.8) is 0 Å². The van der Waals surface area contributed by atoms with E-state index in [2.05, 4.69) is 4.98 Å². The van der Waals surface area contributed by atoms with Crippen molar-refractivity contribution in [3.05, 3.63) is 48.0 Å². The summed E-state index contributed by atoms with van der Waals surface area (Å²) in [6.45, 7) is 1.97. The maximum atomic E-state index is 13.0. The van der Waals surface area contributed by atoms with E-state index >= 15 is 0 Å². The number of benzene rings is 1. The third kappa shape index (κ3) is 1.96. The number of anilines is 1. The predicted octanol–water partition coefficient (Wildman–Crippen LogP) is 2.78. The second kappa shape index (κ2) is 3.69. The molecule has 0 aliphatic rings. The van der Waals surface area contributed by atoms with Crippen LogP contribution in [0.15, 0.2) is 36.7 Å². The lowest BCUT2D eigenvalue weighted by Crippen LogP contribution is -1.91. The first-order chi connectivity index (χ1) is 7.16. The van der Waals surface area contributed by atoms with Crippen LogP contribution in [0.2, 0.25) is 0 Å². The summed E-state index contributed by atoms with van der Waals surface area (Å²) in [5, 5.41) is 0. The minimum Gasteiger partial charge on any atom is -0.398 e. The Labute approximate surface area is 87.6 Å². The van der Waals surface area contributed by atoms with Crippen LogP contribution < -0.4 is 5.73 Å². The van der Waals surface area contributed by atoms with Crippen molar-refractivity contribution in [1.82, 2.24) is 4.98 Å².